The molecule has 8 heteroatoms. The second kappa shape index (κ2) is 10.7. The molecule has 0 saturated carbocycles. The van der Waals surface area contributed by atoms with Gasteiger partial charge in [-0.2, -0.15) is 4.31 Å². The summed E-state index contributed by atoms with van der Waals surface area (Å²) in [7, 11) is -3.49. The maximum atomic E-state index is 12.7. The third kappa shape index (κ3) is 5.49. The lowest BCUT2D eigenvalue weighted by Gasteiger charge is -2.22. The summed E-state index contributed by atoms with van der Waals surface area (Å²) >= 11 is 0. The minimum absolute atomic E-state index is 0.123. The Morgan fingerprint density at radius 2 is 1.59 bits per heavy atom. The SMILES string of the molecule is CCN(Cc1ccc2c(c1)OCCO2)C(=O)C=Cc1ccc(S(=O)(=O)N(CC)CC)cc1. The van der Waals surface area contributed by atoms with Crippen molar-refractivity contribution in [3.05, 3.63) is 59.7 Å². The number of hydrogen-bond acceptors (Lipinski definition) is 5. The van der Waals surface area contributed by atoms with Crippen LogP contribution in [0.15, 0.2) is 53.4 Å². The van der Waals surface area contributed by atoms with Gasteiger partial charge in [0, 0.05) is 32.3 Å². The van der Waals surface area contributed by atoms with Crippen LogP contribution < -0.4 is 9.47 Å². The van der Waals surface area contributed by atoms with E-state index in [1.165, 1.54) is 10.4 Å². The molecule has 0 bridgehead atoms. The van der Waals surface area contributed by atoms with E-state index < -0.39 is 10.0 Å². The molecule has 0 fully saturated rings. The molecule has 2 aromatic carbocycles. The Hall–Kier alpha value is -2.84. The predicted octanol–water partition coefficient (Wildman–Crippen LogP) is 3.55. The zero-order valence-electron chi connectivity index (χ0n) is 18.8. The smallest absolute Gasteiger partial charge is 0.246 e. The standard InChI is InChI=1S/C24H30N2O5S/c1-4-25(18-20-9-13-22-23(17-20)31-16-15-30-22)24(27)14-10-19-7-11-21(12-8-19)32(28,29)26(5-2)6-3/h7-14,17H,4-6,15-16,18H2,1-3H3. The lowest BCUT2D eigenvalue weighted by molar-refractivity contribution is -0.126. The van der Waals surface area contributed by atoms with Crippen molar-refractivity contribution >= 4 is 22.0 Å². The van der Waals surface area contributed by atoms with Crippen molar-refractivity contribution in [2.24, 2.45) is 0 Å². The minimum Gasteiger partial charge on any atom is -0.486 e. The summed E-state index contributed by atoms with van der Waals surface area (Å²) in [5, 5.41) is 0. The van der Waals surface area contributed by atoms with Crippen molar-refractivity contribution in [1.82, 2.24) is 9.21 Å². The van der Waals surface area contributed by atoms with Crippen molar-refractivity contribution in [3.63, 3.8) is 0 Å². The quantitative estimate of drug-likeness (QED) is 0.537. The molecule has 32 heavy (non-hydrogen) atoms. The predicted molar refractivity (Wildman–Crippen MR) is 124 cm³/mol. The van der Waals surface area contributed by atoms with Crippen molar-refractivity contribution in [2.45, 2.75) is 32.2 Å². The summed E-state index contributed by atoms with van der Waals surface area (Å²) in [6, 6.07) is 12.3. The Kier molecular flexibility index (Phi) is 7.93. The van der Waals surface area contributed by atoms with Crippen LogP contribution in [0.25, 0.3) is 6.08 Å². The second-order valence-electron chi connectivity index (χ2n) is 7.32. The Balaban J connectivity index is 1.66. The number of hydrogen-bond donors (Lipinski definition) is 0. The molecule has 1 amide bonds. The molecule has 0 N–H and O–H groups in total. The van der Waals surface area contributed by atoms with Crippen LogP contribution in [0.2, 0.25) is 0 Å². The van der Waals surface area contributed by atoms with E-state index in [0.29, 0.717) is 45.1 Å². The molecule has 0 spiro atoms. The molecule has 0 atom stereocenters. The van der Waals surface area contributed by atoms with Crippen LogP contribution in [-0.2, 0) is 21.4 Å². The Morgan fingerprint density at radius 1 is 0.938 bits per heavy atom. The summed E-state index contributed by atoms with van der Waals surface area (Å²) < 4.78 is 37.8. The van der Waals surface area contributed by atoms with E-state index in [9.17, 15) is 13.2 Å². The number of ether oxygens (including phenoxy) is 2. The zero-order valence-corrected chi connectivity index (χ0v) is 19.6. The molecule has 0 saturated heterocycles. The van der Waals surface area contributed by atoms with Crippen molar-refractivity contribution in [3.8, 4) is 11.5 Å². The van der Waals surface area contributed by atoms with Gasteiger partial charge in [-0.05, 0) is 48.4 Å². The average molecular weight is 459 g/mol. The highest BCUT2D eigenvalue weighted by Crippen LogP contribution is 2.31. The molecule has 0 aliphatic carbocycles. The Labute approximate surface area is 190 Å². The largest absolute Gasteiger partial charge is 0.486 e. The maximum Gasteiger partial charge on any atom is 0.246 e. The summed E-state index contributed by atoms with van der Waals surface area (Å²) in [5.74, 6) is 1.30. The molecule has 1 aliphatic rings. The molecule has 1 heterocycles. The van der Waals surface area contributed by atoms with E-state index in [-0.39, 0.29) is 10.8 Å². The van der Waals surface area contributed by atoms with Gasteiger partial charge in [0.15, 0.2) is 11.5 Å². The van der Waals surface area contributed by atoms with E-state index in [0.717, 1.165) is 16.9 Å². The van der Waals surface area contributed by atoms with E-state index in [4.69, 9.17) is 9.47 Å². The van der Waals surface area contributed by atoms with Gasteiger partial charge in [-0.3, -0.25) is 4.79 Å². The lowest BCUT2D eigenvalue weighted by atomic mass is 10.1. The third-order valence-corrected chi connectivity index (χ3v) is 7.38. The molecule has 0 aromatic heterocycles. The van der Waals surface area contributed by atoms with Gasteiger partial charge in [0.1, 0.15) is 13.2 Å². The highest BCUT2D eigenvalue weighted by atomic mass is 32.2. The van der Waals surface area contributed by atoms with Crippen LogP contribution in [0.3, 0.4) is 0 Å². The molecule has 7 nitrogen and oxygen atoms in total. The first-order chi connectivity index (χ1) is 15.4. The van der Waals surface area contributed by atoms with Crippen molar-refractivity contribution in [1.29, 1.82) is 0 Å². The number of amides is 1. The van der Waals surface area contributed by atoms with Gasteiger partial charge >= 0.3 is 0 Å². The molecule has 172 valence electrons. The number of carbonyl (C=O) groups is 1. The van der Waals surface area contributed by atoms with Gasteiger partial charge < -0.3 is 14.4 Å². The summed E-state index contributed by atoms with van der Waals surface area (Å²) in [6.45, 7) is 8.47. The second-order valence-corrected chi connectivity index (χ2v) is 9.26. The zero-order chi connectivity index (χ0) is 23.1. The maximum absolute atomic E-state index is 12.7. The van der Waals surface area contributed by atoms with Crippen LogP contribution >= 0.6 is 0 Å². The van der Waals surface area contributed by atoms with E-state index in [2.05, 4.69) is 0 Å². The molecule has 1 aliphatic heterocycles. The highest BCUT2D eigenvalue weighted by Gasteiger charge is 2.21. The number of carbonyl (C=O) groups excluding carboxylic acids is 1. The first kappa shape index (κ1) is 23.8. The third-order valence-electron chi connectivity index (χ3n) is 5.32. The van der Waals surface area contributed by atoms with E-state index in [1.807, 2.05) is 39.0 Å². The van der Waals surface area contributed by atoms with Crippen LogP contribution in [0.1, 0.15) is 31.9 Å². The Bertz CT molecular complexity index is 1060. The van der Waals surface area contributed by atoms with Crippen LogP contribution in [-0.4, -0.2) is 56.4 Å². The number of fused-ring (bicyclic) bond motifs is 1. The van der Waals surface area contributed by atoms with Crippen molar-refractivity contribution < 1.29 is 22.7 Å². The summed E-state index contributed by atoms with van der Waals surface area (Å²) in [4.78, 5) is 14.7. The van der Waals surface area contributed by atoms with Crippen molar-refractivity contribution in [2.75, 3.05) is 32.8 Å². The first-order valence-electron chi connectivity index (χ1n) is 10.8. The number of sulfonamides is 1. The number of likely N-dealkylation sites (N-methyl/N-ethyl adjacent to an activating group) is 1. The number of benzene rings is 2. The van der Waals surface area contributed by atoms with E-state index >= 15 is 0 Å². The molecular weight excluding hydrogens is 428 g/mol. The number of nitrogens with zero attached hydrogens (tertiary/aromatic N) is 2. The van der Waals surface area contributed by atoms with Gasteiger partial charge in [-0.1, -0.05) is 32.0 Å². The molecular formula is C24H30N2O5S. The van der Waals surface area contributed by atoms with Crippen LogP contribution in [0.5, 0.6) is 11.5 Å². The molecule has 0 unspecified atom stereocenters. The fraction of sp³-hybridized carbons (Fsp3) is 0.375. The minimum atomic E-state index is -3.49. The monoisotopic (exact) mass is 458 g/mol. The topological polar surface area (TPSA) is 76.1 Å². The Morgan fingerprint density at radius 3 is 2.22 bits per heavy atom. The van der Waals surface area contributed by atoms with Crippen LogP contribution in [0, 0.1) is 0 Å². The fourth-order valence-corrected chi connectivity index (χ4v) is 4.95. The van der Waals surface area contributed by atoms with E-state index in [1.54, 1.807) is 35.2 Å². The first-order valence-corrected chi connectivity index (χ1v) is 12.3. The lowest BCUT2D eigenvalue weighted by Crippen LogP contribution is -2.30. The molecule has 2 aromatic rings. The molecule has 0 radical (unpaired) electrons. The van der Waals surface area contributed by atoms with Gasteiger partial charge in [0.25, 0.3) is 0 Å². The average Bonchev–Trinajstić information content (AvgIpc) is 2.81. The summed E-state index contributed by atoms with van der Waals surface area (Å²) in [5.41, 5.74) is 1.72. The van der Waals surface area contributed by atoms with Gasteiger partial charge in [-0.25, -0.2) is 8.42 Å². The number of rotatable bonds is 9. The van der Waals surface area contributed by atoms with Gasteiger partial charge in [0.2, 0.25) is 15.9 Å². The summed E-state index contributed by atoms with van der Waals surface area (Å²) in [6.07, 6.45) is 3.21. The van der Waals surface area contributed by atoms with Gasteiger partial charge in [-0.15, -0.1) is 0 Å². The molecule has 3 rings (SSSR count). The van der Waals surface area contributed by atoms with Gasteiger partial charge in [0.05, 0.1) is 4.90 Å². The fourth-order valence-electron chi connectivity index (χ4n) is 3.49. The van der Waals surface area contributed by atoms with Crippen LogP contribution in [0.4, 0.5) is 0 Å². The highest BCUT2D eigenvalue weighted by molar-refractivity contribution is 7.89. The normalized spacial score (nSPS) is 13.5.